The van der Waals surface area contributed by atoms with Crippen molar-refractivity contribution < 1.29 is 15.0 Å². The molecular weight excluding hydrogens is 382 g/mol. The SMILES string of the molecule is Cn1c(Cc2ccc(Cl)cc2)c(C(=O)O)c2cc(O)c(Br)cc21. The third-order valence-electron chi connectivity index (χ3n) is 3.89. The number of phenolic OH excluding ortho intramolecular Hbond substituents is 1. The summed E-state index contributed by atoms with van der Waals surface area (Å²) in [6.07, 6.45) is 0.461. The molecule has 2 N–H and O–H groups in total. The molecule has 0 saturated heterocycles. The zero-order valence-electron chi connectivity index (χ0n) is 12.2. The van der Waals surface area contributed by atoms with Gasteiger partial charge in [-0.25, -0.2) is 4.79 Å². The van der Waals surface area contributed by atoms with Crippen molar-refractivity contribution >= 4 is 44.4 Å². The molecule has 3 aromatic rings. The van der Waals surface area contributed by atoms with Crippen LogP contribution in [0.1, 0.15) is 21.6 Å². The third-order valence-corrected chi connectivity index (χ3v) is 4.78. The lowest BCUT2D eigenvalue weighted by Crippen LogP contribution is -2.05. The molecular formula is C17H13BrClNO3. The van der Waals surface area contributed by atoms with E-state index in [1.165, 1.54) is 6.07 Å². The number of carboxylic acids is 1. The number of fused-ring (bicyclic) bond motifs is 1. The van der Waals surface area contributed by atoms with Gasteiger partial charge in [-0.05, 0) is 45.8 Å². The van der Waals surface area contributed by atoms with E-state index in [2.05, 4.69) is 15.9 Å². The molecule has 0 fully saturated rings. The number of aryl methyl sites for hydroxylation is 1. The molecule has 0 amide bonds. The van der Waals surface area contributed by atoms with Crippen molar-refractivity contribution in [2.75, 3.05) is 0 Å². The highest BCUT2D eigenvalue weighted by atomic mass is 79.9. The maximum Gasteiger partial charge on any atom is 0.338 e. The van der Waals surface area contributed by atoms with Crippen molar-refractivity contribution in [2.24, 2.45) is 7.05 Å². The number of phenols is 1. The van der Waals surface area contributed by atoms with Crippen LogP contribution in [-0.4, -0.2) is 20.7 Å². The minimum atomic E-state index is -1.01. The summed E-state index contributed by atoms with van der Waals surface area (Å²) in [5.74, 6) is -0.995. The van der Waals surface area contributed by atoms with Gasteiger partial charge in [-0.3, -0.25) is 0 Å². The van der Waals surface area contributed by atoms with E-state index in [9.17, 15) is 15.0 Å². The maximum absolute atomic E-state index is 11.8. The molecule has 3 rings (SSSR count). The van der Waals surface area contributed by atoms with Gasteiger partial charge in [-0.15, -0.1) is 0 Å². The van der Waals surface area contributed by atoms with Crippen LogP contribution in [0.3, 0.4) is 0 Å². The Bertz CT molecular complexity index is 916. The molecule has 0 saturated carbocycles. The van der Waals surface area contributed by atoms with E-state index < -0.39 is 5.97 Å². The molecule has 1 heterocycles. The monoisotopic (exact) mass is 393 g/mol. The number of carbonyl (C=O) groups is 1. The second-order valence-corrected chi connectivity index (χ2v) is 6.60. The van der Waals surface area contributed by atoms with Crippen LogP contribution in [0, 0.1) is 0 Å². The summed E-state index contributed by atoms with van der Waals surface area (Å²) in [5, 5.41) is 20.7. The van der Waals surface area contributed by atoms with Crippen molar-refractivity contribution in [3.63, 3.8) is 0 Å². The summed E-state index contributed by atoms with van der Waals surface area (Å²) < 4.78 is 2.37. The van der Waals surface area contributed by atoms with Gasteiger partial charge in [0.15, 0.2) is 0 Å². The summed E-state index contributed by atoms with van der Waals surface area (Å²) >= 11 is 9.17. The number of aromatic carboxylic acids is 1. The minimum absolute atomic E-state index is 0.0173. The van der Waals surface area contributed by atoms with Crippen molar-refractivity contribution in [1.29, 1.82) is 0 Å². The van der Waals surface area contributed by atoms with Crippen molar-refractivity contribution in [1.82, 2.24) is 4.57 Å². The van der Waals surface area contributed by atoms with Crippen LogP contribution in [0.25, 0.3) is 10.9 Å². The minimum Gasteiger partial charge on any atom is -0.507 e. The number of benzene rings is 2. The summed E-state index contributed by atoms with van der Waals surface area (Å²) in [6.45, 7) is 0. The van der Waals surface area contributed by atoms with Crippen LogP contribution in [0.5, 0.6) is 5.75 Å². The third kappa shape index (κ3) is 2.82. The van der Waals surface area contributed by atoms with Gasteiger partial charge < -0.3 is 14.8 Å². The molecule has 2 aromatic carbocycles. The molecule has 6 heteroatoms. The Hall–Kier alpha value is -1.98. The second-order valence-electron chi connectivity index (χ2n) is 5.31. The average Bonchev–Trinajstić information content (AvgIpc) is 2.75. The highest BCUT2D eigenvalue weighted by molar-refractivity contribution is 9.10. The maximum atomic E-state index is 11.8. The van der Waals surface area contributed by atoms with Crippen LogP contribution in [0.2, 0.25) is 5.02 Å². The number of rotatable bonds is 3. The van der Waals surface area contributed by atoms with Gasteiger partial charge in [-0.1, -0.05) is 23.7 Å². The smallest absolute Gasteiger partial charge is 0.338 e. The number of aromatic hydroxyl groups is 1. The lowest BCUT2D eigenvalue weighted by atomic mass is 10.0. The number of hydrogen-bond donors (Lipinski definition) is 2. The van der Waals surface area contributed by atoms with E-state index in [1.807, 2.05) is 23.7 Å². The normalized spacial score (nSPS) is 11.1. The van der Waals surface area contributed by atoms with E-state index in [0.29, 0.717) is 27.0 Å². The topological polar surface area (TPSA) is 62.5 Å². The van der Waals surface area contributed by atoms with Crippen LogP contribution < -0.4 is 0 Å². The second kappa shape index (κ2) is 5.91. The van der Waals surface area contributed by atoms with Gasteiger partial charge in [0.05, 0.1) is 15.6 Å². The molecule has 4 nitrogen and oxygen atoms in total. The summed E-state index contributed by atoms with van der Waals surface area (Å²) in [6, 6.07) is 10.5. The Morgan fingerprint density at radius 3 is 2.52 bits per heavy atom. The zero-order valence-corrected chi connectivity index (χ0v) is 14.5. The number of halogens is 2. The van der Waals surface area contributed by atoms with Crippen LogP contribution in [0.15, 0.2) is 40.9 Å². The van der Waals surface area contributed by atoms with Crippen LogP contribution in [0.4, 0.5) is 0 Å². The van der Waals surface area contributed by atoms with Crippen molar-refractivity contribution in [3.8, 4) is 5.75 Å². The Kier molecular flexibility index (Phi) is 4.08. The van der Waals surface area contributed by atoms with Gasteiger partial charge in [0, 0.05) is 29.6 Å². The van der Waals surface area contributed by atoms with E-state index in [0.717, 1.165) is 11.1 Å². The summed E-state index contributed by atoms with van der Waals surface area (Å²) in [5.41, 5.74) is 2.59. The fourth-order valence-corrected chi connectivity index (χ4v) is 3.20. The Morgan fingerprint density at radius 2 is 1.91 bits per heavy atom. The summed E-state index contributed by atoms with van der Waals surface area (Å²) in [4.78, 5) is 11.8. The molecule has 23 heavy (non-hydrogen) atoms. The lowest BCUT2D eigenvalue weighted by molar-refractivity contribution is 0.0697. The lowest BCUT2D eigenvalue weighted by Gasteiger charge is -2.06. The van der Waals surface area contributed by atoms with Crippen molar-refractivity contribution in [3.05, 3.63) is 62.7 Å². The van der Waals surface area contributed by atoms with Gasteiger partial charge >= 0.3 is 5.97 Å². The Morgan fingerprint density at radius 1 is 1.26 bits per heavy atom. The zero-order chi connectivity index (χ0) is 16.7. The molecule has 118 valence electrons. The molecule has 0 spiro atoms. The van der Waals surface area contributed by atoms with E-state index >= 15 is 0 Å². The molecule has 0 aliphatic heterocycles. The van der Waals surface area contributed by atoms with Crippen LogP contribution in [-0.2, 0) is 13.5 Å². The standard InChI is InChI=1S/C17H13BrClNO3/c1-20-13-8-12(18)15(21)7-11(13)16(17(22)23)14(20)6-9-2-4-10(19)5-3-9/h2-5,7-8,21H,6H2,1H3,(H,22,23). The largest absolute Gasteiger partial charge is 0.507 e. The molecule has 0 aliphatic rings. The van der Waals surface area contributed by atoms with Gasteiger partial charge in [0.25, 0.3) is 0 Å². The molecule has 1 aromatic heterocycles. The first kappa shape index (κ1) is 15.9. The number of hydrogen-bond acceptors (Lipinski definition) is 2. The predicted octanol–water partition coefficient (Wildman–Crippen LogP) is 4.59. The molecule has 0 atom stereocenters. The molecule has 0 aliphatic carbocycles. The van der Waals surface area contributed by atoms with Gasteiger partial charge in [0.2, 0.25) is 0 Å². The first-order chi connectivity index (χ1) is 10.9. The predicted molar refractivity (Wildman–Crippen MR) is 93.5 cm³/mol. The first-order valence-corrected chi connectivity index (χ1v) is 8.03. The number of aromatic nitrogens is 1. The Labute approximate surface area is 146 Å². The fourth-order valence-electron chi connectivity index (χ4n) is 2.74. The average molecular weight is 395 g/mol. The van der Waals surface area contributed by atoms with Crippen LogP contribution >= 0.6 is 27.5 Å². The summed E-state index contributed by atoms with van der Waals surface area (Å²) in [7, 11) is 1.82. The quantitative estimate of drug-likeness (QED) is 0.683. The fraction of sp³-hybridized carbons (Fsp3) is 0.118. The number of carboxylic acid groups (broad SMARTS) is 1. The van der Waals surface area contributed by atoms with Crippen molar-refractivity contribution in [2.45, 2.75) is 6.42 Å². The molecule has 0 unspecified atom stereocenters. The molecule has 0 radical (unpaired) electrons. The van der Waals surface area contributed by atoms with E-state index in [4.69, 9.17) is 11.6 Å². The molecule has 0 bridgehead atoms. The van der Waals surface area contributed by atoms with Gasteiger partial charge in [0.1, 0.15) is 5.75 Å². The highest BCUT2D eigenvalue weighted by Gasteiger charge is 2.22. The van der Waals surface area contributed by atoms with Gasteiger partial charge in [-0.2, -0.15) is 0 Å². The number of nitrogens with zero attached hydrogens (tertiary/aromatic N) is 1. The highest BCUT2D eigenvalue weighted by Crippen LogP contribution is 2.34. The first-order valence-electron chi connectivity index (χ1n) is 6.86. The Balaban J connectivity index is 2.22. The van der Waals surface area contributed by atoms with E-state index in [-0.39, 0.29) is 11.3 Å². The van der Waals surface area contributed by atoms with E-state index in [1.54, 1.807) is 18.2 Å².